The molecule has 0 saturated carbocycles. The first-order chi connectivity index (χ1) is 21.1. The highest BCUT2D eigenvalue weighted by molar-refractivity contribution is 5.77. The first kappa shape index (κ1) is 36.3. The molecule has 2 aromatic rings. The average molecular weight is 612 g/mol. The lowest BCUT2D eigenvalue weighted by Crippen LogP contribution is -2.31. The highest BCUT2D eigenvalue weighted by Gasteiger charge is 2.31. The van der Waals surface area contributed by atoms with Crippen molar-refractivity contribution < 1.29 is 22.7 Å². The van der Waals surface area contributed by atoms with Crippen LogP contribution in [0, 0.1) is 6.92 Å². The highest BCUT2D eigenvalue weighted by atomic mass is 19.4. The van der Waals surface area contributed by atoms with Gasteiger partial charge >= 0.3 is 6.18 Å². The van der Waals surface area contributed by atoms with Crippen LogP contribution in [-0.4, -0.2) is 43.2 Å². The molecule has 2 heterocycles. The monoisotopic (exact) mass is 611 g/mol. The van der Waals surface area contributed by atoms with Gasteiger partial charge in [0.25, 0.3) is 0 Å². The maximum Gasteiger partial charge on any atom is 0.416 e. The van der Waals surface area contributed by atoms with Crippen LogP contribution in [0.4, 0.5) is 18.9 Å². The van der Waals surface area contributed by atoms with E-state index in [-0.39, 0.29) is 6.04 Å². The molecule has 8 heteroatoms. The van der Waals surface area contributed by atoms with Crippen LogP contribution in [0.3, 0.4) is 0 Å². The summed E-state index contributed by atoms with van der Waals surface area (Å²) in [4.78, 5) is 10.0. The number of rotatable bonds is 9. The molecule has 44 heavy (non-hydrogen) atoms. The maximum absolute atomic E-state index is 13.5. The number of aryl methyl sites for hydroxylation is 1. The number of anilines is 1. The van der Waals surface area contributed by atoms with Crippen molar-refractivity contribution in [3.8, 4) is 5.75 Å². The van der Waals surface area contributed by atoms with Gasteiger partial charge in [0.1, 0.15) is 12.4 Å². The lowest BCUT2D eigenvalue weighted by molar-refractivity contribution is -0.137. The summed E-state index contributed by atoms with van der Waals surface area (Å²) in [5, 5.41) is 0. The Bertz CT molecular complexity index is 1370. The first-order valence-electron chi connectivity index (χ1n) is 15.3. The Balaban J connectivity index is 0.00000162. The van der Waals surface area contributed by atoms with Gasteiger partial charge in [-0.25, -0.2) is 0 Å². The predicted molar refractivity (Wildman–Crippen MR) is 177 cm³/mol. The van der Waals surface area contributed by atoms with Gasteiger partial charge < -0.3 is 14.5 Å². The molecular weight excluding hydrogens is 563 g/mol. The molecular formula is C36H48F3N3O2. The van der Waals surface area contributed by atoms with Gasteiger partial charge in [-0.15, -0.1) is 0 Å². The molecule has 0 bridgehead atoms. The molecule has 0 radical (unpaired) electrons. The first-order valence-corrected chi connectivity index (χ1v) is 15.3. The van der Waals surface area contributed by atoms with Crippen molar-refractivity contribution in [1.29, 1.82) is 0 Å². The molecule has 0 fully saturated rings. The van der Waals surface area contributed by atoms with Gasteiger partial charge in [0.15, 0.2) is 0 Å². The van der Waals surface area contributed by atoms with Crippen molar-refractivity contribution in [3.05, 3.63) is 113 Å². The number of methoxy groups -OCH3 is 1. The van der Waals surface area contributed by atoms with Gasteiger partial charge in [-0.3, -0.25) is 10.3 Å². The van der Waals surface area contributed by atoms with Crippen molar-refractivity contribution >= 4 is 11.4 Å². The third kappa shape index (κ3) is 9.55. The van der Waals surface area contributed by atoms with E-state index in [1.807, 2.05) is 83.0 Å². The van der Waals surface area contributed by atoms with Crippen LogP contribution in [0.1, 0.15) is 64.7 Å². The van der Waals surface area contributed by atoms with Crippen LogP contribution in [0.25, 0.3) is 5.70 Å². The highest BCUT2D eigenvalue weighted by Crippen LogP contribution is 2.36. The van der Waals surface area contributed by atoms with E-state index in [0.29, 0.717) is 18.7 Å². The standard InChI is InChI=1S/C32H36F3N3O2.2C2H6/c1-6-9-28(21-40-36-27-16-22(2)17-29(19-27)39-5)38-20-25(14-13-23(38)3)30-12-8-15-37(4)31(30)24-10-7-11-26(18-24)32(33,34)35;2*1-2/h7-14,16-20,23,36H,6,15,21H2,1-5H3;2*1-2H3/b28-9-;;. The largest absolute Gasteiger partial charge is 0.497 e. The van der Waals surface area contributed by atoms with E-state index < -0.39 is 11.7 Å². The average Bonchev–Trinajstić information content (AvgIpc) is 3.02. The summed E-state index contributed by atoms with van der Waals surface area (Å²) < 4.78 is 45.9. The van der Waals surface area contributed by atoms with Crippen LogP contribution in [0.2, 0.25) is 0 Å². The van der Waals surface area contributed by atoms with Crippen molar-refractivity contribution in [2.75, 3.05) is 32.8 Å². The summed E-state index contributed by atoms with van der Waals surface area (Å²) in [5.41, 5.74) is 8.23. The minimum absolute atomic E-state index is 0.0621. The second kappa shape index (κ2) is 17.4. The van der Waals surface area contributed by atoms with Gasteiger partial charge in [-0.2, -0.15) is 13.2 Å². The summed E-state index contributed by atoms with van der Waals surface area (Å²) in [5.74, 6) is 0.744. The van der Waals surface area contributed by atoms with Crippen LogP contribution in [-0.2, 0) is 11.0 Å². The van der Waals surface area contributed by atoms with E-state index in [2.05, 4.69) is 42.6 Å². The Morgan fingerprint density at radius 1 is 1.07 bits per heavy atom. The van der Waals surface area contributed by atoms with E-state index in [1.54, 1.807) is 13.2 Å². The number of benzene rings is 2. The van der Waals surface area contributed by atoms with Gasteiger partial charge in [0.05, 0.1) is 24.1 Å². The molecule has 0 spiro atoms. The molecule has 5 nitrogen and oxygen atoms in total. The molecule has 2 aromatic carbocycles. The Morgan fingerprint density at radius 3 is 2.45 bits per heavy atom. The topological polar surface area (TPSA) is 37.0 Å². The number of allylic oxidation sites excluding steroid dienone is 5. The third-order valence-electron chi connectivity index (χ3n) is 6.81. The molecule has 1 unspecified atom stereocenters. The zero-order valence-electron chi connectivity index (χ0n) is 27.5. The fraction of sp³-hybridized carbons (Fsp3) is 0.389. The van der Waals surface area contributed by atoms with Gasteiger partial charge in [0.2, 0.25) is 0 Å². The Morgan fingerprint density at radius 2 is 1.80 bits per heavy atom. The van der Waals surface area contributed by atoms with Crippen LogP contribution in [0.15, 0.2) is 95.9 Å². The van der Waals surface area contributed by atoms with Gasteiger partial charge in [-0.1, -0.05) is 77.1 Å². The number of nitrogens with one attached hydrogen (secondary N) is 1. The molecule has 4 rings (SSSR count). The molecule has 0 saturated heterocycles. The molecule has 2 aliphatic rings. The molecule has 0 aromatic heterocycles. The number of ether oxygens (including phenoxy) is 1. The van der Waals surface area contributed by atoms with Crippen molar-refractivity contribution in [3.63, 3.8) is 0 Å². The molecule has 240 valence electrons. The Labute approximate surface area is 262 Å². The molecule has 1 atom stereocenters. The summed E-state index contributed by atoms with van der Waals surface area (Å²) >= 11 is 0. The number of nitrogens with zero attached hydrogens (tertiary/aromatic N) is 2. The van der Waals surface area contributed by atoms with Gasteiger partial charge in [0, 0.05) is 43.2 Å². The van der Waals surface area contributed by atoms with E-state index >= 15 is 0 Å². The summed E-state index contributed by atoms with van der Waals surface area (Å²) in [6.07, 6.45) is 8.72. The minimum atomic E-state index is -4.41. The van der Waals surface area contributed by atoms with E-state index in [9.17, 15) is 13.2 Å². The van der Waals surface area contributed by atoms with Crippen molar-refractivity contribution in [2.24, 2.45) is 0 Å². The second-order valence-electron chi connectivity index (χ2n) is 9.95. The van der Waals surface area contributed by atoms with E-state index in [4.69, 9.17) is 9.57 Å². The number of alkyl halides is 3. The van der Waals surface area contributed by atoms with Crippen LogP contribution < -0.4 is 10.2 Å². The molecule has 0 amide bonds. The van der Waals surface area contributed by atoms with Crippen molar-refractivity contribution in [2.45, 2.75) is 67.1 Å². The maximum atomic E-state index is 13.5. The molecule has 1 N–H and O–H groups in total. The summed E-state index contributed by atoms with van der Waals surface area (Å²) in [6, 6.07) is 11.4. The summed E-state index contributed by atoms with van der Waals surface area (Å²) in [7, 11) is 3.53. The van der Waals surface area contributed by atoms with Crippen molar-refractivity contribution in [1.82, 2.24) is 9.80 Å². The third-order valence-corrected chi connectivity index (χ3v) is 6.81. The van der Waals surface area contributed by atoms with Crippen LogP contribution in [0.5, 0.6) is 5.75 Å². The molecule has 0 aliphatic carbocycles. The zero-order valence-corrected chi connectivity index (χ0v) is 27.5. The fourth-order valence-electron chi connectivity index (χ4n) is 4.90. The fourth-order valence-corrected chi connectivity index (χ4v) is 4.90. The lowest BCUT2D eigenvalue weighted by Gasteiger charge is -2.34. The van der Waals surface area contributed by atoms with Crippen LogP contribution >= 0.6 is 0 Å². The van der Waals surface area contributed by atoms with E-state index in [1.165, 1.54) is 12.1 Å². The lowest BCUT2D eigenvalue weighted by atomic mass is 9.93. The predicted octanol–water partition coefficient (Wildman–Crippen LogP) is 9.77. The number of hydrogen-bond donors (Lipinski definition) is 1. The normalized spacial score (nSPS) is 16.5. The zero-order chi connectivity index (χ0) is 32.9. The summed E-state index contributed by atoms with van der Waals surface area (Å²) in [6.45, 7) is 15.1. The second-order valence-corrected chi connectivity index (χ2v) is 9.95. The van der Waals surface area contributed by atoms with E-state index in [0.717, 1.165) is 52.0 Å². The Hall–Kier alpha value is -3.91. The number of halogens is 3. The SMILES string of the molecule is CC.CC.CC/C=C(/CONc1cc(C)cc(OC)c1)N1C=C(C2=C(c3cccc(C(F)(F)F)c3)N(C)CC=C2)C=CC1C. The van der Waals surface area contributed by atoms with Gasteiger partial charge in [-0.05, 0) is 61.2 Å². The Kier molecular flexibility index (Phi) is 14.3. The minimum Gasteiger partial charge on any atom is -0.497 e. The number of likely N-dealkylation sites (N-methyl/N-ethyl adjacent to an activating group) is 1. The molecule has 2 aliphatic heterocycles. The number of hydrogen-bond acceptors (Lipinski definition) is 5. The smallest absolute Gasteiger partial charge is 0.416 e. The quantitative estimate of drug-likeness (QED) is 0.286.